The van der Waals surface area contributed by atoms with Gasteiger partial charge in [-0.25, -0.2) is 9.37 Å². The third kappa shape index (κ3) is 2.38. The van der Waals surface area contributed by atoms with Crippen molar-refractivity contribution in [2.24, 2.45) is 0 Å². The van der Waals surface area contributed by atoms with Gasteiger partial charge in [0, 0.05) is 12.1 Å². The number of aromatic nitrogens is 1. The van der Waals surface area contributed by atoms with Gasteiger partial charge in [0.25, 0.3) is 0 Å². The highest BCUT2D eigenvalue weighted by atomic mass is 35.5. The Balaban J connectivity index is 2.47. The van der Waals surface area contributed by atoms with E-state index in [-0.39, 0.29) is 5.82 Å². The van der Waals surface area contributed by atoms with Gasteiger partial charge in [0.1, 0.15) is 11.6 Å². The molecule has 2 aromatic rings. The molecule has 0 aliphatic rings. The molecule has 0 amide bonds. The predicted molar refractivity (Wildman–Crippen MR) is 72.9 cm³/mol. The largest absolute Gasteiger partial charge is 0.397 e. The molecule has 0 saturated heterocycles. The summed E-state index contributed by atoms with van der Waals surface area (Å²) in [5.74, 6) is 0.297. The lowest BCUT2D eigenvalue weighted by molar-refractivity contribution is 0.627. The molecule has 0 aliphatic heterocycles. The van der Waals surface area contributed by atoms with E-state index in [2.05, 4.69) is 4.98 Å². The minimum Gasteiger partial charge on any atom is -0.397 e. The number of benzene rings is 1. The first kappa shape index (κ1) is 12.6. The zero-order valence-electron chi connectivity index (χ0n) is 10.1. The third-order valence-corrected chi connectivity index (χ3v) is 2.89. The smallest absolute Gasteiger partial charge is 0.146 e. The van der Waals surface area contributed by atoms with E-state index in [0.29, 0.717) is 22.2 Å². The van der Waals surface area contributed by atoms with E-state index in [9.17, 15) is 4.39 Å². The van der Waals surface area contributed by atoms with Crippen molar-refractivity contribution in [3.05, 3.63) is 46.9 Å². The molecule has 1 aromatic heterocycles. The molecule has 1 aromatic carbocycles. The van der Waals surface area contributed by atoms with Gasteiger partial charge in [0.15, 0.2) is 0 Å². The van der Waals surface area contributed by atoms with Crippen LogP contribution in [0.2, 0.25) is 5.02 Å². The van der Waals surface area contributed by atoms with Crippen LogP contribution in [0.25, 0.3) is 0 Å². The Morgan fingerprint density at radius 2 is 2.06 bits per heavy atom. The highest BCUT2D eigenvalue weighted by Crippen LogP contribution is 2.29. The summed E-state index contributed by atoms with van der Waals surface area (Å²) < 4.78 is 13.8. The molecular formula is C13H13ClFN3. The highest BCUT2D eigenvalue weighted by molar-refractivity contribution is 6.30. The number of anilines is 3. The van der Waals surface area contributed by atoms with Crippen LogP contribution >= 0.6 is 11.6 Å². The lowest BCUT2D eigenvalue weighted by Gasteiger charge is -2.21. The molecule has 0 spiro atoms. The van der Waals surface area contributed by atoms with E-state index < -0.39 is 0 Å². The van der Waals surface area contributed by atoms with Crippen LogP contribution in [0, 0.1) is 12.7 Å². The van der Waals surface area contributed by atoms with Crippen molar-refractivity contribution in [1.82, 2.24) is 4.98 Å². The summed E-state index contributed by atoms with van der Waals surface area (Å²) in [5.41, 5.74) is 7.47. The molecule has 3 nitrogen and oxygen atoms in total. The Kier molecular flexibility index (Phi) is 3.39. The van der Waals surface area contributed by atoms with E-state index in [4.69, 9.17) is 17.3 Å². The molecule has 18 heavy (non-hydrogen) atoms. The van der Waals surface area contributed by atoms with Gasteiger partial charge in [-0.3, -0.25) is 0 Å². The van der Waals surface area contributed by atoms with E-state index in [1.165, 1.54) is 12.1 Å². The molecule has 0 fully saturated rings. The molecule has 2 N–H and O–H groups in total. The average Bonchev–Trinajstić information content (AvgIpc) is 2.31. The van der Waals surface area contributed by atoms with E-state index in [1.54, 1.807) is 30.3 Å². The number of rotatable bonds is 2. The summed E-state index contributed by atoms with van der Waals surface area (Å²) >= 11 is 5.88. The van der Waals surface area contributed by atoms with Crippen molar-refractivity contribution in [3.63, 3.8) is 0 Å². The molecule has 0 radical (unpaired) electrons. The predicted octanol–water partition coefficient (Wildman–Crippen LogP) is 3.53. The number of hydrogen-bond donors (Lipinski definition) is 1. The topological polar surface area (TPSA) is 42.1 Å². The Labute approximate surface area is 110 Å². The lowest BCUT2D eigenvalue weighted by Crippen LogP contribution is -2.14. The Morgan fingerprint density at radius 3 is 2.72 bits per heavy atom. The van der Waals surface area contributed by atoms with Crippen molar-refractivity contribution < 1.29 is 4.39 Å². The number of nitrogens with two attached hydrogens (primary N) is 1. The van der Waals surface area contributed by atoms with E-state index in [1.807, 2.05) is 6.92 Å². The van der Waals surface area contributed by atoms with Gasteiger partial charge in [0.05, 0.1) is 17.6 Å². The quantitative estimate of drug-likeness (QED) is 0.903. The number of halogens is 2. The standard InChI is InChI=1S/C13H13ClFN3/c1-8-5-10(16)7-17-13(8)18(2)12-6-9(14)3-4-11(12)15/h3-7H,16H2,1-2H3. The molecule has 0 aliphatic carbocycles. The van der Waals surface area contributed by atoms with Crippen LogP contribution in [0.5, 0.6) is 0 Å². The monoisotopic (exact) mass is 265 g/mol. The van der Waals surface area contributed by atoms with Gasteiger partial charge in [-0.2, -0.15) is 0 Å². The van der Waals surface area contributed by atoms with E-state index >= 15 is 0 Å². The average molecular weight is 266 g/mol. The zero-order valence-corrected chi connectivity index (χ0v) is 10.9. The van der Waals surface area contributed by atoms with Gasteiger partial charge in [0.2, 0.25) is 0 Å². The van der Waals surface area contributed by atoms with Crippen molar-refractivity contribution in [2.75, 3.05) is 17.7 Å². The van der Waals surface area contributed by atoms with Gasteiger partial charge < -0.3 is 10.6 Å². The summed E-state index contributed by atoms with van der Waals surface area (Å²) in [7, 11) is 1.74. The van der Waals surface area contributed by atoms with Crippen molar-refractivity contribution in [1.29, 1.82) is 0 Å². The second-order valence-electron chi connectivity index (χ2n) is 4.06. The fourth-order valence-corrected chi connectivity index (χ4v) is 1.96. The maximum Gasteiger partial charge on any atom is 0.146 e. The summed E-state index contributed by atoms with van der Waals surface area (Å²) in [6.45, 7) is 1.87. The molecule has 0 unspecified atom stereocenters. The molecule has 5 heteroatoms. The minimum atomic E-state index is -0.347. The van der Waals surface area contributed by atoms with Crippen molar-refractivity contribution in [3.8, 4) is 0 Å². The first-order valence-electron chi connectivity index (χ1n) is 5.40. The van der Waals surface area contributed by atoms with Crippen LogP contribution in [-0.4, -0.2) is 12.0 Å². The molecule has 1 heterocycles. The Morgan fingerprint density at radius 1 is 1.33 bits per heavy atom. The molecular weight excluding hydrogens is 253 g/mol. The highest BCUT2D eigenvalue weighted by Gasteiger charge is 2.13. The lowest BCUT2D eigenvalue weighted by atomic mass is 10.2. The summed E-state index contributed by atoms with van der Waals surface area (Å²) in [6, 6.07) is 6.20. The maximum atomic E-state index is 13.8. The van der Waals surface area contributed by atoms with Gasteiger partial charge in [-0.1, -0.05) is 11.6 Å². The first-order valence-corrected chi connectivity index (χ1v) is 5.77. The van der Waals surface area contributed by atoms with Crippen molar-refractivity contribution >= 4 is 28.8 Å². The summed E-state index contributed by atoms with van der Waals surface area (Å²) in [4.78, 5) is 5.86. The minimum absolute atomic E-state index is 0.347. The summed E-state index contributed by atoms with van der Waals surface area (Å²) in [5, 5.41) is 0.478. The summed E-state index contributed by atoms with van der Waals surface area (Å²) in [6.07, 6.45) is 1.54. The first-order chi connectivity index (χ1) is 8.49. The van der Waals surface area contributed by atoms with Crippen LogP contribution in [0.1, 0.15) is 5.56 Å². The maximum absolute atomic E-state index is 13.8. The van der Waals surface area contributed by atoms with E-state index in [0.717, 1.165) is 5.56 Å². The number of nitrogen functional groups attached to an aromatic ring is 1. The van der Waals surface area contributed by atoms with Gasteiger partial charge in [-0.05, 0) is 36.8 Å². The van der Waals surface area contributed by atoms with Crippen molar-refractivity contribution in [2.45, 2.75) is 6.92 Å². The van der Waals surface area contributed by atoms with Crippen LogP contribution in [0.15, 0.2) is 30.5 Å². The van der Waals surface area contributed by atoms with Crippen LogP contribution in [-0.2, 0) is 0 Å². The van der Waals surface area contributed by atoms with Gasteiger partial charge >= 0.3 is 0 Å². The molecule has 0 saturated carbocycles. The molecule has 94 valence electrons. The second-order valence-corrected chi connectivity index (χ2v) is 4.50. The Bertz CT molecular complexity index is 586. The van der Waals surface area contributed by atoms with Crippen LogP contribution in [0.4, 0.5) is 21.6 Å². The SMILES string of the molecule is Cc1cc(N)cnc1N(C)c1cc(Cl)ccc1F. The van der Waals surface area contributed by atoms with Crippen LogP contribution in [0.3, 0.4) is 0 Å². The normalized spacial score (nSPS) is 10.4. The number of hydrogen-bond acceptors (Lipinski definition) is 3. The number of nitrogens with zero attached hydrogens (tertiary/aromatic N) is 2. The molecule has 2 rings (SSSR count). The number of pyridine rings is 1. The van der Waals surface area contributed by atoms with Gasteiger partial charge in [-0.15, -0.1) is 0 Å². The zero-order chi connectivity index (χ0) is 13.3. The molecule has 0 atom stereocenters. The molecule has 0 bridgehead atoms. The second kappa shape index (κ2) is 4.82. The Hall–Kier alpha value is -1.81. The number of aryl methyl sites for hydroxylation is 1. The fraction of sp³-hybridized carbons (Fsp3) is 0.154. The third-order valence-electron chi connectivity index (χ3n) is 2.66. The fourth-order valence-electron chi connectivity index (χ4n) is 1.80. The van der Waals surface area contributed by atoms with Crippen LogP contribution < -0.4 is 10.6 Å².